The van der Waals surface area contributed by atoms with Crippen molar-refractivity contribution in [3.8, 4) is 17.0 Å². The molecule has 0 unspecified atom stereocenters. The smallest absolute Gasteiger partial charge is 0.408 e. The van der Waals surface area contributed by atoms with Crippen LogP contribution in [-0.2, 0) is 9.53 Å². The van der Waals surface area contributed by atoms with Crippen molar-refractivity contribution in [2.45, 2.75) is 96.0 Å². The Morgan fingerprint density at radius 1 is 1.09 bits per heavy atom. The van der Waals surface area contributed by atoms with Crippen molar-refractivity contribution in [3.63, 3.8) is 0 Å². The molecule has 2 fully saturated rings. The number of alkyl carbamates (subject to hydrolysis) is 1. The number of oxazole rings is 1. The fourth-order valence-electron chi connectivity index (χ4n) is 6.83. The monoisotopic (exact) mass is 632 g/mol. The van der Waals surface area contributed by atoms with E-state index in [-0.39, 0.29) is 30.9 Å². The highest BCUT2D eigenvalue weighted by Gasteiger charge is 2.47. The highest BCUT2D eigenvalue weighted by atomic mass is 16.6. The summed E-state index contributed by atoms with van der Waals surface area (Å²) < 4.78 is 17.1. The highest BCUT2D eigenvalue weighted by molar-refractivity contribution is 6.01. The van der Waals surface area contributed by atoms with Crippen molar-refractivity contribution in [3.05, 3.63) is 59.9 Å². The summed E-state index contributed by atoms with van der Waals surface area (Å²) in [6, 6.07) is 11.9. The highest BCUT2D eigenvalue weighted by Crippen LogP contribution is 2.40. The number of aromatic nitrogens is 2. The Kier molecular flexibility index (Phi) is 11.0. The number of pyridine rings is 1. The van der Waals surface area contributed by atoms with Gasteiger partial charge in [-0.2, -0.15) is 0 Å². The van der Waals surface area contributed by atoms with Crippen LogP contribution in [-0.4, -0.2) is 59.5 Å². The quantitative estimate of drug-likeness (QED) is 0.234. The lowest BCUT2D eigenvalue weighted by Crippen LogP contribution is -2.55. The van der Waals surface area contributed by atoms with E-state index in [1.807, 2.05) is 56.0 Å². The number of carbonyl (C=O) groups is 2. The minimum Gasteiger partial charge on any atom is -0.495 e. The molecule has 3 aromatic rings. The van der Waals surface area contributed by atoms with Gasteiger partial charge < -0.3 is 29.2 Å². The Bertz CT molecular complexity index is 1470. The van der Waals surface area contributed by atoms with Gasteiger partial charge in [-0.15, -0.1) is 0 Å². The van der Waals surface area contributed by atoms with Crippen LogP contribution in [0.4, 0.5) is 10.5 Å². The molecule has 0 saturated heterocycles. The maximum Gasteiger partial charge on any atom is 0.408 e. The first-order valence-corrected chi connectivity index (χ1v) is 16.7. The van der Waals surface area contributed by atoms with Crippen LogP contribution in [0.1, 0.15) is 101 Å². The minimum atomic E-state index is -1.27. The van der Waals surface area contributed by atoms with Gasteiger partial charge in [0.2, 0.25) is 0 Å². The second-order valence-electron chi connectivity index (χ2n) is 13.0. The topological polar surface area (TPSA) is 127 Å². The number of anilines is 1. The number of ether oxygens (including phenoxy) is 2. The van der Waals surface area contributed by atoms with Gasteiger partial charge in [0.15, 0.2) is 11.5 Å². The number of rotatable bonds is 11. The molecule has 1 aromatic carbocycles. The van der Waals surface area contributed by atoms with Gasteiger partial charge in [0.05, 0.1) is 19.4 Å². The Morgan fingerprint density at radius 3 is 2.50 bits per heavy atom. The fraction of sp³-hybridized carbons (Fsp3) is 0.556. The molecule has 2 saturated carbocycles. The molecule has 10 heteroatoms. The van der Waals surface area contributed by atoms with Crippen LogP contribution in [0.3, 0.4) is 0 Å². The zero-order valence-corrected chi connectivity index (χ0v) is 27.6. The zero-order valence-electron chi connectivity index (χ0n) is 27.6. The van der Waals surface area contributed by atoms with Crippen molar-refractivity contribution in [2.24, 2.45) is 5.92 Å². The first kappa shape index (κ1) is 33.4. The Labute approximate surface area is 271 Å². The molecule has 46 heavy (non-hydrogen) atoms. The number of aliphatic hydroxyl groups excluding tert-OH is 1. The van der Waals surface area contributed by atoms with E-state index in [4.69, 9.17) is 18.9 Å². The molecule has 0 aliphatic heterocycles. The first-order valence-electron chi connectivity index (χ1n) is 16.7. The molecule has 0 bridgehead atoms. The van der Waals surface area contributed by atoms with Gasteiger partial charge in [-0.1, -0.05) is 32.4 Å². The Morgan fingerprint density at radius 2 is 1.85 bits per heavy atom. The molecule has 2 heterocycles. The van der Waals surface area contributed by atoms with Crippen molar-refractivity contribution >= 4 is 17.7 Å². The van der Waals surface area contributed by atoms with Crippen molar-refractivity contribution in [2.75, 3.05) is 31.7 Å². The van der Waals surface area contributed by atoms with Crippen LogP contribution in [0.5, 0.6) is 5.75 Å². The van der Waals surface area contributed by atoms with Gasteiger partial charge in [0.25, 0.3) is 5.91 Å². The molecule has 2 aromatic heterocycles. The molecular weight excluding hydrogens is 584 g/mol. The largest absolute Gasteiger partial charge is 0.495 e. The molecule has 10 nitrogen and oxygen atoms in total. The first-order chi connectivity index (χ1) is 22.2. The number of aryl methyl sites for hydroxylation is 1. The molecule has 2 N–H and O–H groups in total. The predicted octanol–water partition coefficient (Wildman–Crippen LogP) is 6.91. The van der Waals surface area contributed by atoms with Crippen LogP contribution in [0.2, 0.25) is 0 Å². The number of carbonyl (C=O) groups excluding carboxylic acids is 2. The van der Waals surface area contributed by atoms with Gasteiger partial charge in [-0.05, 0) is 88.5 Å². The van der Waals surface area contributed by atoms with Crippen LogP contribution in [0, 0.1) is 12.8 Å². The molecule has 2 aliphatic carbocycles. The second-order valence-corrected chi connectivity index (χ2v) is 13.0. The Balaban J connectivity index is 1.42. The van der Waals surface area contributed by atoms with Crippen LogP contribution in [0.25, 0.3) is 11.3 Å². The van der Waals surface area contributed by atoms with E-state index in [0.717, 1.165) is 73.3 Å². The SMILES string of the molecule is COc1ccc(C2CCC(CN(C(=O)C3(OC(=O)NCCO)CCCCC3)c3cccc(-c4coc(C(C)C)n4)c3)CC2)nc1C. The van der Waals surface area contributed by atoms with Crippen LogP contribution < -0.4 is 15.0 Å². The summed E-state index contributed by atoms with van der Waals surface area (Å²) in [7, 11) is 1.66. The number of amides is 2. The number of hydrogen-bond acceptors (Lipinski definition) is 8. The molecule has 0 radical (unpaired) electrons. The molecule has 2 amide bonds. The van der Waals surface area contributed by atoms with E-state index in [0.29, 0.717) is 36.9 Å². The maximum absolute atomic E-state index is 14.7. The van der Waals surface area contributed by atoms with Gasteiger partial charge in [0.1, 0.15) is 17.7 Å². The van der Waals surface area contributed by atoms with E-state index in [9.17, 15) is 14.7 Å². The number of hydrogen-bond donors (Lipinski definition) is 2. The molecule has 248 valence electrons. The molecule has 5 rings (SSSR count). The average molecular weight is 633 g/mol. The average Bonchev–Trinajstić information content (AvgIpc) is 3.58. The summed E-state index contributed by atoms with van der Waals surface area (Å²) in [6.45, 7) is 6.42. The summed E-state index contributed by atoms with van der Waals surface area (Å²) in [4.78, 5) is 38.9. The fourth-order valence-corrected chi connectivity index (χ4v) is 6.83. The number of benzene rings is 1. The van der Waals surface area contributed by atoms with Crippen LogP contribution >= 0.6 is 0 Å². The van der Waals surface area contributed by atoms with E-state index >= 15 is 0 Å². The normalized spacial score (nSPS) is 19.4. The molecule has 0 atom stereocenters. The van der Waals surface area contributed by atoms with E-state index in [1.165, 1.54) is 0 Å². The third-order valence-electron chi connectivity index (χ3n) is 9.42. The third-order valence-corrected chi connectivity index (χ3v) is 9.42. The minimum absolute atomic E-state index is 0.0662. The lowest BCUT2D eigenvalue weighted by atomic mass is 9.79. The number of methoxy groups -OCH3 is 1. The van der Waals surface area contributed by atoms with Crippen molar-refractivity contribution < 1.29 is 28.6 Å². The van der Waals surface area contributed by atoms with E-state index in [2.05, 4.69) is 16.4 Å². The summed E-state index contributed by atoms with van der Waals surface area (Å²) in [6.07, 6.45) is 8.35. The number of nitrogens with zero attached hydrogens (tertiary/aromatic N) is 3. The van der Waals surface area contributed by atoms with E-state index in [1.54, 1.807) is 13.4 Å². The Hall–Kier alpha value is -3.92. The van der Waals surface area contributed by atoms with Crippen molar-refractivity contribution in [1.29, 1.82) is 0 Å². The third kappa shape index (κ3) is 7.71. The van der Waals surface area contributed by atoms with Gasteiger partial charge in [-0.3, -0.25) is 9.78 Å². The molecule has 0 spiro atoms. The maximum atomic E-state index is 14.7. The lowest BCUT2D eigenvalue weighted by Gasteiger charge is -2.41. The lowest BCUT2D eigenvalue weighted by molar-refractivity contribution is -0.140. The van der Waals surface area contributed by atoms with Crippen LogP contribution in [0.15, 0.2) is 47.1 Å². The summed E-state index contributed by atoms with van der Waals surface area (Å²) in [5.74, 6) is 2.05. The standard InChI is InChI=1S/C36H48N4O6/c1-24(2)33-39-31(23-45-33)28-9-8-10-29(21-28)40(34(42)36(17-6-5-7-18-36)46-35(43)37-19-20-41)22-26-11-13-27(14-12-26)30-15-16-32(44-4)25(3)38-30/h8-10,15-16,21,23-24,26-27,41H,5-7,11-14,17-20,22H2,1-4H3,(H,37,43). The van der Waals surface area contributed by atoms with Gasteiger partial charge in [0, 0.05) is 41.9 Å². The van der Waals surface area contributed by atoms with E-state index < -0.39 is 11.7 Å². The zero-order chi connectivity index (χ0) is 32.7. The molecular formula is C36H48N4O6. The van der Waals surface area contributed by atoms with Crippen molar-refractivity contribution in [1.82, 2.24) is 15.3 Å². The summed E-state index contributed by atoms with van der Waals surface area (Å²) >= 11 is 0. The number of nitrogens with one attached hydrogen (secondary N) is 1. The predicted molar refractivity (Wildman–Crippen MR) is 176 cm³/mol. The summed E-state index contributed by atoms with van der Waals surface area (Å²) in [5.41, 5.74) is 3.04. The second kappa shape index (κ2) is 15.1. The summed E-state index contributed by atoms with van der Waals surface area (Å²) in [5, 5.41) is 11.8. The molecule has 2 aliphatic rings. The number of aliphatic hydroxyl groups is 1. The van der Waals surface area contributed by atoms with Gasteiger partial charge in [-0.25, -0.2) is 9.78 Å². The van der Waals surface area contributed by atoms with Gasteiger partial charge >= 0.3 is 6.09 Å².